The zero-order valence-electron chi connectivity index (χ0n) is 17.7. The van der Waals surface area contributed by atoms with Crippen molar-refractivity contribution in [2.45, 2.75) is 19.4 Å². The molecule has 1 aromatic heterocycles. The van der Waals surface area contributed by atoms with Crippen molar-refractivity contribution >= 4 is 51.0 Å². The Balaban J connectivity index is 1.28. The number of likely N-dealkylation sites (tertiary alicyclic amines) is 1. The zero-order valence-corrected chi connectivity index (χ0v) is 20.0. The molecule has 2 aliphatic rings. The standard InChI is InChI=1S/C25H25Cl2N3OS/c26-19-3-1-17(2-4-19)23(31)22-18(14-32-24(22)28)13-29-11-9-25(15-29)10-12-30(16-25)21-7-5-20(27)6-8-21/h1-8,14H,9-13,15-16,28H2. The lowest BCUT2D eigenvalue weighted by molar-refractivity contribution is 0.103. The van der Waals surface area contributed by atoms with Gasteiger partial charge in [0.2, 0.25) is 0 Å². The maximum Gasteiger partial charge on any atom is 0.196 e. The molecule has 166 valence electrons. The molecule has 7 heteroatoms. The second-order valence-electron chi connectivity index (χ2n) is 8.94. The number of halogens is 2. The number of rotatable bonds is 5. The van der Waals surface area contributed by atoms with E-state index in [0.717, 1.165) is 43.3 Å². The van der Waals surface area contributed by atoms with Gasteiger partial charge >= 0.3 is 0 Å². The number of nitrogen functional groups attached to an aromatic ring is 1. The maximum atomic E-state index is 13.2. The van der Waals surface area contributed by atoms with Crippen LogP contribution in [0, 0.1) is 5.41 Å². The summed E-state index contributed by atoms with van der Waals surface area (Å²) >= 11 is 13.5. The summed E-state index contributed by atoms with van der Waals surface area (Å²) in [6.07, 6.45) is 2.37. The predicted octanol–water partition coefficient (Wildman–Crippen LogP) is 5.97. The highest BCUT2D eigenvalue weighted by Crippen LogP contribution is 2.42. The summed E-state index contributed by atoms with van der Waals surface area (Å²) in [7, 11) is 0. The van der Waals surface area contributed by atoms with Crippen LogP contribution in [0.25, 0.3) is 0 Å². The number of anilines is 2. The number of hydrogen-bond donors (Lipinski definition) is 1. The molecule has 3 heterocycles. The van der Waals surface area contributed by atoms with Gasteiger partial charge < -0.3 is 10.6 Å². The van der Waals surface area contributed by atoms with Gasteiger partial charge in [-0.1, -0.05) is 23.2 Å². The monoisotopic (exact) mass is 485 g/mol. The van der Waals surface area contributed by atoms with Crippen LogP contribution in [0.2, 0.25) is 10.0 Å². The van der Waals surface area contributed by atoms with Crippen molar-refractivity contribution < 1.29 is 4.79 Å². The van der Waals surface area contributed by atoms with Crippen molar-refractivity contribution in [1.82, 2.24) is 4.90 Å². The molecule has 2 saturated heterocycles. The molecule has 3 aromatic rings. The van der Waals surface area contributed by atoms with Crippen LogP contribution in [0.3, 0.4) is 0 Å². The lowest BCUT2D eigenvalue weighted by atomic mass is 9.86. The van der Waals surface area contributed by atoms with Gasteiger partial charge in [0.25, 0.3) is 0 Å². The van der Waals surface area contributed by atoms with Crippen molar-refractivity contribution in [3.8, 4) is 0 Å². The zero-order chi connectivity index (χ0) is 22.3. The quantitative estimate of drug-likeness (QED) is 0.452. The number of carbonyl (C=O) groups excluding carboxylic acids is 1. The topological polar surface area (TPSA) is 49.6 Å². The van der Waals surface area contributed by atoms with Gasteiger partial charge in [0, 0.05) is 52.9 Å². The van der Waals surface area contributed by atoms with Gasteiger partial charge in [-0.25, -0.2) is 0 Å². The van der Waals surface area contributed by atoms with Crippen molar-refractivity contribution in [2.24, 2.45) is 5.41 Å². The largest absolute Gasteiger partial charge is 0.390 e. The van der Waals surface area contributed by atoms with Crippen LogP contribution in [-0.2, 0) is 6.54 Å². The Labute approximate surface area is 202 Å². The first-order chi connectivity index (χ1) is 15.4. The van der Waals surface area contributed by atoms with Gasteiger partial charge in [-0.3, -0.25) is 9.69 Å². The van der Waals surface area contributed by atoms with Gasteiger partial charge in [-0.05, 0) is 78.9 Å². The van der Waals surface area contributed by atoms with E-state index in [9.17, 15) is 4.79 Å². The van der Waals surface area contributed by atoms with Gasteiger partial charge in [-0.15, -0.1) is 11.3 Å². The third kappa shape index (κ3) is 4.27. The molecule has 2 N–H and O–H groups in total. The summed E-state index contributed by atoms with van der Waals surface area (Å²) in [5.74, 6) is -0.0286. The second kappa shape index (κ2) is 8.71. The fourth-order valence-electron chi connectivity index (χ4n) is 5.07. The first kappa shape index (κ1) is 21.8. The average Bonchev–Trinajstić information content (AvgIpc) is 3.49. The first-order valence-electron chi connectivity index (χ1n) is 10.8. The number of benzene rings is 2. The Bertz CT molecular complexity index is 1130. The number of carbonyl (C=O) groups is 1. The average molecular weight is 486 g/mol. The summed E-state index contributed by atoms with van der Waals surface area (Å²) in [6, 6.07) is 15.2. The van der Waals surface area contributed by atoms with Crippen molar-refractivity contribution in [1.29, 1.82) is 0 Å². The van der Waals surface area contributed by atoms with Gasteiger partial charge in [0.1, 0.15) is 0 Å². The normalized spacial score (nSPS) is 21.0. The van der Waals surface area contributed by atoms with Crippen LogP contribution >= 0.6 is 34.5 Å². The molecule has 0 amide bonds. The Morgan fingerprint density at radius 2 is 1.62 bits per heavy atom. The van der Waals surface area contributed by atoms with E-state index in [1.165, 1.54) is 29.9 Å². The summed E-state index contributed by atoms with van der Waals surface area (Å²) in [5, 5.41) is 4.02. The Morgan fingerprint density at radius 3 is 2.34 bits per heavy atom. The van der Waals surface area contributed by atoms with E-state index >= 15 is 0 Å². The van der Waals surface area contributed by atoms with Crippen molar-refractivity contribution in [3.63, 3.8) is 0 Å². The van der Waals surface area contributed by atoms with E-state index in [-0.39, 0.29) is 5.78 Å². The molecule has 5 rings (SSSR count). The highest BCUT2D eigenvalue weighted by atomic mass is 35.5. The summed E-state index contributed by atoms with van der Waals surface area (Å²) in [6.45, 7) is 4.97. The molecule has 2 fully saturated rings. The molecular formula is C25H25Cl2N3OS. The van der Waals surface area contributed by atoms with Crippen LogP contribution in [0.4, 0.5) is 10.7 Å². The van der Waals surface area contributed by atoms with E-state index in [2.05, 4.69) is 21.9 Å². The van der Waals surface area contributed by atoms with Gasteiger partial charge in [0.05, 0.1) is 10.6 Å². The molecule has 0 bridgehead atoms. The SMILES string of the molecule is Nc1scc(CN2CCC3(CCN(c4ccc(Cl)cc4)C3)C2)c1C(=O)c1ccc(Cl)cc1. The third-order valence-corrected chi connectivity index (χ3v) is 8.13. The van der Waals surface area contributed by atoms with Crippen molar-refractivity contribution in [3.05, 3.63) is 80.6 Å². The molecular weight excluding hydrogens is 461 g/mol. The van der Waals surface area contributed by atoms with Crippen LogP contribution in [0.1, 0.15) is 34.3 Å². The molecule has 1 unspecified atom stereocenters. The molecule has 2 aliphatic heterocycles. The van der Waals surface area contributed by atoms with Crippen LogP contribution in [0.5, 0.6) is 0 Å². The fraction of sp³-hybridized carbons (Fsp3) is 0.320. The van der Waals surface area contributed by atoms with E-state index < -0.39 is 0 Å². The first-order valence-corrected chi connectivity index (χ1v) is 12.5. The Hall–Kier alpha value is -2.05. The molecule has 1 spiro atoms. The van der Waals surface area contributed by atoms with E-state index in [1.54, 1.807) is 24.3 Å². The molecule has 32 heavy (non-hydrogen) atoms. The van der Waals surface area contributed by atoms with E-state index in [0.29, 0.717) is 26.6 Å². The second-order valence-corrected chi connectivity index (χ2v) is 10.7. The lowest BCUT2D eigenvalue weighted by Gasteiger charge is -2.26. The fourth-order valence-corrected chi connectivity index (χ4v) is 6.13. The molecule has 0 radical (unpaired) electrons. The van der Waals surface area contributed by atoms with Crippen LogP contribution in [0.15, 0.2) is 53.9 Å². The molecule has 4 nitrogen and oxygen atoms in total. The minimum Gasteiger partial charge on any atom is -0.390 e. The van der Waals surface area contributed by atoms with Gasteiger partial charge in [0.15, 0.2) is 5.78 Å². The minimum atomic E-state index is -0.0286. The maximum absolute atomic E-state index is 13.2. The lowest BCUT2D eigenvalue weighted by Crippen LogP contribution is -2.30. The number of nitrogens with two attached hydrogens (primary N) is 1. The number of ketones is 1. The van der Waals surface area contributed by atoms with Crippen LogP contribution < -0.4 is 10.6 Å². The molecule has 0 saturated carbocycles. The number of thiophene rings is 1. The van der Waals surface area contributed by atoms with Crippen molar-refractivity contribution in [2.75, 3.05) is 36.8 Å². The van der Waals surface area contributed by atoms with E-state index in [4.69, 9.17) is 28.9 Å². The summed E-state index contributed by atoms with van der Waals surface area (Å²) in [5.41, 5.74) is 10.1. The Kier molecular flexibility index (Phi) is 5.93. The third-order valence-electron chi connectivity index (χ3n) is 6.77. The molecule has 0 aliphatic carbocycles. The molecule has 1 atom stereocenters. The smallest absolute Gasteiger partial charge is 0.196 e. The van der Waals surface area contributed by atoms with Gasteiger partial charge in [-0.2, -0.15) is 0 Å². The van der Waals surface area contributed by atoms with E-state index in [1.807, 2.05) is 17.5 Å². The number of nitrogens with zero attached hydrogens (tertiary/aromatic N) is 2. The Morgan fingerprint density at radius 1 is 0.969 bits per heavy atom. The highest BCUT2D eigenvalue weighted by molar-refractivity contribution is 7.14. The predicted molar refractivity (Wildman–Crippen MR) is 134 cm³/mol. The summed E-state index contributed by atoms with van der Waals surface area (Å²) < 4.78 is 0. The minimum absolute atomic E-state index is 0.0286. The summed E-state index contributed by atoms with van der Waals surface area (Å²) in [4.78, 5) is 18.1. The molecule has 2 aromatic carbocycles. The number of hydrogen-bond acceptors (Lipinski definition) is 5. The highest BCUT2D eigenvalue weighted by Gasteiger charge is 2.43. The van der Waals surface area contributed by atoms with Crippen LogP contribution in [-0.4, -0.2) is 36.9 Å².